The second-order valence-electron chi connectivity index (χ2n) is 8.71. The number of aromatic nitrogens is 3. The van der Waals surface area contributed by atoms with Gasteiger partial charge in [-0.2, -0.15) is 13.2 Å². The number of hydrogen-bond acceptors (Lipinski definition) is 6. The molecule has 0 aromatic carbocycles. The number of alkyl halides is 3. The van der Waals surface area contributed by atoms with Gasteiger partial charge in [0, 0.05) is 24.2 Å². The van der Waals surface area contributed by atoms with Gasteiger partial charge in [0.1, 0.15) is 18.6 Å². The number of aliphatic hydroxyl groups is 1. The zero-order valence-electron chi connectivity index (χ0n) is 17.7. The van der Waals surface area contributed by atoms with E-state index in [-0.39, 0.29) is 41.9 Å². The predicted octanol–water partition coefficient (Wildman–Crippen LogP) is 3.84. The molecule has 0 amide bonds. The van der Waals surface area contributed by atoms with Gasteiger partial charge < -0.3 is 14.6 Å². The number of halogens is 4. The molecule has 1 aliphatic carbocycles. The molecule has 7 nitrogen and oxygen atoms in total. The summed E-state index contributed by atoms with van der Waals surface area (Å²) in [4.78, 5) is 16.3. The maximum Gasteiger partial charge on any atom is 0.396 e. The summed E-state index contributed by atoms with van der Waals surface area (Å²) >= 11 is 6.11. The first kappa shape index (κ1) is 24.4. The average molecular weight is 472 g/mol. The topological polar surface area (TPSA) is 86.5 Å². The number of hydrogen-bond donors (Lipinski definition) is 1. The lowest BCUT2D eigenvalue weighted by Gasteiger charge is -2.35. The third-order valence-electron chi connectivity index (χ3n) is 5.11. The number of nitrogens with zero attached hydrogens (tertiary/aromatic N) is 3. The van der Waals surface area contributed by atoms with Crippen molar-refractivity contribution in [2.75, 3.05) is 6.61 Å². The first-order chi connectivity index (χ1) is 14.7. The van der Waals surface area contributed by atoms with Gasteiger partial charge in [0.05, 0.1) is 17.6 Å². The summed E-state index contributed by atoms with van der Waals surface area (Å²) in [5.74, 6) is -0.249. The second-order valence-corrected chi connectivity index (χ2v) is 9.07. The van der Waals surface area contributed by atoms with E-state index in [9.17, 15) is 23.1 Å². The van der Waals surface area contributed by atoms with Crippen molar-refractivity contribution in [2.45, 2.75) is 57.3 Å². The number of rotatable bonds is 7. The van der Waals surface area contributed by atoms with Crippen molar-refractivity contribution in [2.24, 2.45) is 5.41 Å². The van der Waals surface area contributed by atoms with Crippen LogP contribution in [-0.2, 0) is 4.74 Å². The molecule has 0 saturated heterocycles. The van der Waals surface area contributed by atoms with Gasteiger partial charge >= 0.3 is 12.1 Å². The molecule has 1 N–H and O–H groups in total. The molecule has 2 radical (unpaired) electrons. The molecule has 3 rings (SSSR count). The molecule has 0 spiro atoms. The van der Waals surface area contributed by atoms with Crippen LogP contribution in [0.1, 0.15) is 50.4 Å². The number of carbonyl (C=O) groups excluding carboxylic acids is 1. The highest BCUT2D eigenvalue weighted by atomic mass is 35.5. The summed E-state index contributed by atoms with van der Waals surface area (Å²) in [6.07, 6.45) is -3.95. The van der Waals surface area contributed by atoms with Crippen LogP contribution in [0, 0.1) is 5.41 Å². The largest absolute Gasteiger partial charge is 0.477 e. The number of ether oxygens (including phenoxy) is 2. The Kier molecular flexibility index (Phi) is 6.29. The lowest BCUT2D eigenvalue weighted by atomic mass is 9.66. The smallest absolute Gasteiger partial charge is 0.396 e. The van der Waals surface area contributed by atoms with E-state index in [1.54, 1.807) is 20.8 Å². The molecule has 0 bridgehead atoms. The van der Waals surface area contributed by atoms with Crippen LogP contribution in [0.4, 0.5) is 13.2 Å². The molecule has 1 fully saturated rings. The fraction of sp³-hybridized carbons (Fsp3) is 0.550. The van der Waals surface area contributed by atoms with Crippen molar-refractivity contribution in [3.05, 3.63) is 35.1 Å². The van der Waals surface area contributed by atoms with Gasteiger partial charge in [-0.1, -0.05) is 11.6 Å². The molecular weight excluding hydrogens is 449 g/mol. The van der Waals surface area contributed by atoms with Crippen LogP contribution >= 0.6 is 11.6 Å². The van der Waals surface area contributed by atoms with Gasteiger partial charge in [0.2, 0.25) is 5.88 Å². The quantitative estimate of drug-likeness (QED) is 0.375. The van der Waals surface area contributed by atoms with Crippen molar-refractivity contribution in [3.8, 4) is 11.7 Å². The lowest BCUT2D eigenvalue weighted by molar-refractivity contribution is -0.225. The van der Waals surface area contributed by atoms with Crippen molar-refractivity contribution < 1.29 is 32.5 Å². The van der Waals surface area contributed by atoms with Gasteiger partial charge in [-0.05, 0) is 45.7 Å². The van der Waals surface area contributed by atoms with Crippen molar-refractivity contribution in [1.82, 2.24) is 14.8 Å². The Morgan fingerprint density at radius 1 is 1.28 bits per heavy atom. The molecule has 1 unspecified atom stereocenters. The lowest BCUT2D eigenvalue weighted by Crippen LogP contribution is -2.49. The molecule has 172 valence electrons. The van der Waals surface area contributed by atoms with Crippen LogP contribution in [0.3, 0.4) is 0 Å². The van der Waals surface area contributed by atoms with E-state index in [2.05, 4.69) is 10.1 Å². The Labute approximate surface area is 189 Å². The second kappa shape index (κ2) is 8.26. The van der Waals surface area contributed by atoms with E-state index >= 15 is 0 Å². The molecule has 1 aliphatic rings. The Morgan fingerprint density at radius 3 is 2.47 bits per heavy atom. The third kappa shape index (κ3) is 5.04. The normalized spacial score (nSPS) is 17.5. The van der Waals surface area contributed by atoms with Crippen molar-refractivity contribution in [1.29, 1.82) is 0 Å². The summed E-state index contributed by atoms with van der Waals surface area (Å²) in [6.45, 7) is 4.91. The molecule has 1 atom stereocenters. The van der Waals surface area contributed by atoms with Crippen LogP contribution in [0.2, 0.25) is 5.15 Å². The van der Waals surface area contributed by atoms with Crippen LogP contribution in [0.5, 0.6) is 5.88 Å². The molecular formula is C20H22BClF3N3O4. The summed E-state index contributed by atoms with van der Waals surface area (Å²) in [7, 11) is 5.56. The molecule has 1 saturated carbocycles. The van der Waals surface area contributed by atoms with E-state index < -0.39 is 35.1 Å². The monoisotopic (exact) mass is 471 g/mol. The summed E-state index contributed by atoms with van der Waals surface area (Å²) in [5, 5.41) is 14.2. The standard InChI is InChI=1S/C20H22BClF3N3O4/c1-17(2,3)32-16(29)12-4-5-13(26-15(12)22)28-10-6-14(27-28)31-11-9-19(21,30)18(7-8-18)20(23,24)25/h4-6,10,30H,7-9,11H2,1-3H3. The molecule has 2 aromatic heterocycles. The number of pyridine rings is 1. The summed E-state index contributed by atoms with van der Waals surface area (Å²) in [5.41, 5.74) is -5.32. The number of carbonyl (C=O) groups is 1. The maximum absolute atomic E-state index is 13.2. The number of esters is 1. The molecule has 2 heterocycles. The maximum atomic E-state index is 13.2. The van der Waals surface area contributed by atoms with E-state index in [0.29, 0.717) is 0 Å². The minimum Gasteiger partial charge on any atom is -0.477 e. The van der Waals surface area contributed by atoms with Gasteiger partial charge in [-0.3, -0.25) is 0 Å². The Hall–Kier alpha value is -2.27. The first-order valence-electron chi connectivity index (χ1n) is 9.82. The minimum atomic E-state index is -4.59. The first-order valence-corrected chi connectivity index (χ1v) is 10.2. The van der Waals surface area contributed by atoms with E-state index in [4.69, 9.17) is 28.9 Å². The zero-order chi connectivity index (χ0) is 23.9. The van der Waals surface area contributed by atoms with Gasteiger partial charge in [0.25, 0.3) is 0 Å². The van der Waals surface area contributed by atoms with Gasteiger partial charge in [-0.25, -0.2) is 14.5 Å². The summed E-state index contributed by atoms with van der Waals surface area (Å²) < 4.78 is 51.5. The van der Waals surface area contributed by atoms with E-state index in [1.807, 2.05) is 0 Å². The SMILES string of the molecule is [B]C(O)(CCOc1ccn(-c2ccc(C(=O)OC(C)(C)C)c(Cl)n2)n1)C1(C(F)(F)F)CC1. The Morgan fingerprint density at radius 2 is 1.94 bits per heavy atom. The van der Waals surface area contributed by atoms with Crippen LogP contribution in [0.15, 0.2) is 24.4 Å². The molecule has 32 heavy (non-hydrogen) atoms. The van der Waals surface area contributed by atoms with Gasteiger partial charge in [0.15, 0.2) is 5.82 Å². The zero-order valence-corrected chi connectivity index (χ0v) is 18.5. The van der Waals surface area contributed by atoms with Crippen molar-refractivity contribution in [3.63, 3.8) is 0 Å². The van der Waals surface area contributed by atoms with E-state index in [0.717, 1.165) is 0 Å². The highest BCUT2D eigenvalue weighted by molar-refractivity contribution is 6.32. The molecule has 0 aliphatic heterocycles. The minimum absolute atomic E-state index is 0.0789. The Balaban J connectivity index is 1.63. The third-order valence-corrected chi connectivity index (χ3v) is 5.39. The fourth-order valence-electron chi connectivity index (χ4n) is 3.19. The van der Waals surface area contributed by atoms with Crippen LogP contribution in [0.25, 0.3) is 5.82 Å². The van der Waals surface area contributed by atoms with Gasteiger partial charge in [-0.15, -0.1) is 5.10 Å². The Bertz CT molecular complexity index is 1000. The highest BCUT2D eigenvalue weighted by Gasteiger charge is 2.71. The highest BCUT2D eigenvalue weighted by Crippen LogP contribution is 2.63. The van der Waals surface area contributed by atoms with Crippen LogP contribution < -0.4 is 4.74 Å². The van der Waals surface area contributed by atoms with Crippen molar-refractivity contribution >= 4 is 25.4 Å². The molecule has 2 aromatic rings. The van der Waals surface area contributed by atoms with E-state index in [1.165, 1.54) is 29.1 Å². The van der Waals surface area contributed by atoms with Crippen LogP contribution in [-0.4, -0.2) is 57.6 Å². The predicted molar refractivity (Wildman–Crippen MR) is 110 cm³/mol. The molecule has 12 heteroatoms. The fourth-order valence-corrected chi connectivity index (χ4v) is 3.41. The summed E-state index contributed by atoms with van der Waals surface area (Å²) in [6, 6.07) is 4.41. The average Bonchev–Trinajstić information content (AvgIpc) is 3.35.